The van der Waals surface area contributed by atoms with Crippen LogP contribution in [0.1, 0.15) is 5.56 Å². The SMILES string of the molecule is Cc1cc(N(CC(=O)Nc2ccc(Br)c(Cl)c2)S(C)(=O)=O)ccc1Br. The van der Waals surface area contributed by atoms with Crippen LogP contribution in [0.2, 0.25) is 5.02 Å². The molecule has 0 aliphatic rings. The van der Waals surface area contributed by atoms with Gasteiger partial charge in [0, 0.05) is 14.6 Å². The number of carbonyl (C=O) groups is 1. The Morgan fingerprint density at radius 1 is 1.16 bits per heavy atom. The van der Waals surface area contributed by atoms with E-state index in [2.05, 4.69) is 37.2 Å². The van der Waals surface area contributed by atoms with Crippen LogP contribution >= 0.6 is 43.5 Å². The Morgan fingerprint density at radius 2 is 1.80 bits per heavy atom. The van der Waals surface area contributed by atoms with Gasteiger partial charge in [-0.25, -0.2) is 8.42 Å². The molecule has 0 unspecified atom stereocenters. The fraction of sp³-hybridized carbons (Fsp3) is 0.188. The van der Waals surface area contributed by atoms with Gasteiger partial charge in [-0.05, 0) is 64.8 Å². The third kappa shape index (κ3) is 5.44. The lowest BCUT2D eigenvalue weighted by atomic mass is 10.2. The van der Waals surface area contributed by atoms with E-state index in [0.717, 1.165) is 20.6 Å². The predicted octanol–water partition coefficient (Wildman–Crippen LogP) is 4.58. The summed E-state index contributed by atoms with van der Waals surface area (Å²) in [6.07, 6.45) is 1.06. The van der Waals surface area contributed by atoms with Gasteiger partial charge in [-0.1, -0.05) is 27.5 Å². The Labute approximate surface area is 168 Å². The first kappa shape index (κ1) is 20.2. The summed E-state index contributed by atoms with van der Waals surface area (Å²) < 4.78 is 26.9. The normalized spacial score (nSPS) is 11.2. The summed E-state index contributed by atoms with van der Waals surface area (Å²) in [5.41, 5.74) is 1.78. The predicted molar refractivity (Wildman–Crippen MR) is 109 cm³/mol. The quantitative estimate of drug-likeness (QED) is 0.641. The number of carbonyl (C=O) groups excluding carboxylic acids is 1. The van der Waals surface area contributed by atoms with Crippen LogP contribution in [-0.2, 0) is 14.8 Å². The lowest BCUT2D eigenvalue weighted by Crippen LogP contribution is -2.37. The molecule has 2 rings (SSSR count). The highest BCUT2D eigenvalue weighted by molar-refractivity contribution is 9.10. The van der Waals surface area contributed by atoms with Crippen LogP contribution in [-0.4, -0.2) is 27.1 Å². The number of rotatable bonds is 5. The smallest absolute Gasteiger partial charge is 0.245 e. The molecule has 0 saturated heterocycles. The highest BCUT2D eigenvalue weighted by Gasteiger charge is 2.21. The number of halogens is 3. The molecule has 1 N–H and O–H groups in total. The number of nitrogens with zero attached hydrogens (tertiary/aromatic N) is 1. The molecule has 1 amide bonds. The maximum atomic E-state index is 12.3. The van der Waals surface area contributed by atoms with Gasteiger partial charge in [0.25, 0.3) is 0 Å². The van der Waals surface area contributed by atoms with Gasteiger partial charge in [0.15, 0.2) is 0 Å². The van der Waals surface area contributed by atoms with Gasteiger partial charge in [0.2, 0.25) is 15.9 Å². The second kappa shape index (κ2) is 8.07. The molecular formula is C16H15Br2ClN2O3S. The number of sulfonamides is 1. The third-order valence-electron chi connectivity index (χ3n) is 3.32. The Morgan fingerprint density at radius 3 is 2.36 bits per heavy atom. The van der Waals surface area contributed by atoms with E-state index < -0.39 is 15.9 Å². The molecule has 25 heavy (non-hydrogen) atoms. The van der Waals surface area contributed by atoms with Gasteiger partial charge < -0.3 is 5.32 Å². The van der Waals surface area contributed by atoms with Crippen molar-refractivity contribution >= 4 is 70.8 Å². The summed E-state index contributed by atoms with van der Waals surface area (Å²) in [7, 11) is -3.63. The Bertz CT molecular complexity index is 920. The molecule has 134 valence electrons. The van der Waals surface area contributed by atoms with Crippen molar-refractivity contribution in [2.45, 2.75) is 6.92 Å². The molecule has 0 aliphatic carbocycles. The monoisotopic (exact) mass is 508 g/mol. The zero-order valence-corrected chi connectivity index (χ0v) is 18.1. The molecular weight excluding hydrogens is 496 g/mol. The van der Waals surface area contributed by atoms with Crippen LogP contribution < -0.4 is 9.62 Å². The van der Waals surface area contributed by atoms with Crippen LogP contribution in [0.3, 0.4) is 0 Å². The molecule has 0 aliphatic heterocycles. The van der Waals surface area contributed by atoms with E-state index in [0.29, 0.717) is 20.9 Å². The molecule has 0 spiro atoms. The fourth-order valence-electron chi connectivity index (χ4n) is 2.09. The summed E-state index contributed by atoms with van der Waals surface area (Å²) >= 11 is 12.6. The molecule has 5 nitrogen and oxygen atoms in total. The number of anilines is 2. The van der Waals surface area contributed by atoms with Crippen molar-refractivity contribution in [3.63, 3.8) is 0 Å². The van der Waals surface area contributed by atoms with Crippen molar-refractivity contribution in [3.05, 3.63) is 55.9 Å². The average Bonchev–Trinajstić information content (AvgIpc) is 2.50. The molecule has 0 aromatic heterocycles. The van der Waals surface area contributed by atoms with E-state index in [1.54, 1.807) is 36.4 Å². The highest BCUT2D eigenvalue weighted by atomic mass is 79.9. The van der Waals surface area contributed by atoms with Crippen molar-refractivity contribution < 1.29 is 13.2 Å². The summed E-state index contributed by atoms with van der Waals surface area (Å²) in [5, 5.41) is 3.09. The molecule has 0 saturated carbocycles. The van der Waals surface area contributed by atoms with Crippen molar-refractivity contribution in [1.29, 1.82) is 0 Å². The first-order valence-corrected chi connectivity index (χ1v) is 10.9. The van der Waals surface area contributed by atoms with Crippen molar-refractivity contribution in [3.8, 4) is 0 Å². The topological polar surface area (TPSA) is 66.5 Å². The standard InChI is InChI=1S/C16H15Br2ClN2O3S/c1-10-7-12(4-6-13(10)17)21(25(2,23)24)9-16(22)20-11-3-5-14(18)15(19)8-11/h3-8H,9H2,1-2H3,(H,20,22). The number of amides is 1. The first-order valence-electron chi connectivity index (χ1n) is 7.06. The van der Waals surface area contributed by atoms with Crippen molar-refractivity contribution in [2.24, 2.45) is 0 Å². The molecule has 0 heterocycles. The third-order valence-corrected chi connectivity index (χ3v) is 6.58. The van der Waals surface area contributed by atoms with Crippen LogP contribution in [0, 0.1) is 6.92 Å². The molecule has 9 heteroatoms. The number of benzene rings is 2. The summed E-state index contributed by atoms with van der Waals surface area (Å²) in [4.78, 5) is 12.3. The van der Waals surface area contributed by atoms with E-state index in [4.69, 9.17) is 11.6 Å². The molecule has 2 aromatic rings. The Hall–Kier alpha value is -1.09. The van der Waals surface area contributed by atoms with Gasteiger partial charge in [0.05, 0.1) is 17.0 Å². The number of hydrogen-bond donors (Lipinski definition) is 1. The lowest BCUT2D eigenvalue weighted by Gasteiger charge is -2.22. The number of aryl methyl sites for hydroxylation is 1. The van der Waals surface area contributed by atoms with E-state index in [9.17, 15) is 13.2 Å². The fourth-order valence-corrected chi connectivity index (χ4v) is 3.61. The maximum Gasteiger partial charge on any atom is 0.245 e. The minimum Gasteiger partial charge on any atom is -0.324 e. The average molecular weight is 511 g/mol. The molecule has 0 atom stereocenters. The number of hydrogen-bond acceptors (Lipinski definition) is 3. The van der Waals surface area contributed by atoms with Gasteiger partial charge >= 0.3 is 0 Å². The summed E-state index contributed by atoms with van der Waals surface area (Å²) in [5.74, 6) is -0.468. The molecule has 0 radical (unpaired) electrons. The second-order valence-electron chi connectivity index (χ2n) is 5.38. The van der Waals surface area contributed by atoms with Crippen molar-refractivity contribution in [2.75, 3.05) is 22.4 Å². The Balaban J connectivity index is 2.23. The lowest BCUT2D eigenvalue weighted by molar-refractivity contribution is -0.114. The van der Waals surface area contributed by atoms with Crippen LogP contribution in [0.25, 0.3) is 0 Å². The molecule has 2 aromatic carbocycles. The van der Waals surface area contributed by atoms with Gasteiger partial charge in [-0.2, -0.15) is 0 Å². The highest BCUT2D eigenvalue weighted by Crippen LogP contribution is 2.26. The first-order chi connectivity index (χ1) is 11.6. The van der Waals surface area contributed by atoms with E-state index >= 15 is 0 Å². The summed E-state index contributed by atoms with van der Waals surface area (Å²) in [6.45, 7) is 1.51. The number of nitrogens with one attached hydrogen (secondary N) is 1. The Kier molecular flexibility index (Phi) is 6.53. The largest absolute Gasteiger partial charge is 0.324 e. The van der Waals surface area contributed by atoms with Gasteiger partial charge in [-0.15, -0.1) is 0 Å². The minimum atomic E-state index is -3.63. The van der Waals surface area contributed by atoms with Gasteiger partial charge in [-0.3, -0.25) is 9.10 Å². The molecule has 0 bridgehead atoms. The maximum absolute atomic E-state index is 12.3. The zero-order valence-electron chi connectivity index (χ0n) is 13.4. The second-order valence-corrected chi connectivity index (χ2v) is 9.40. The molecule has 0 fully saturated rings. The summed E-state index contributed by atoms with van der Waals surface area (Å²) in [6, 6.07) is 10.0. The van der Waals surface area contributed by atoms with Crippen LogP contribution in [0.15, 0.2) is 45.3 Å². The van der Waals surface area contributed by atoms with Crippen LogP contribution in [0.5, 0.6) is 0 Å². The van der Waals surface area contributed by atoms with E-state index in [1.807, 2.05) is 6.92 Å². The van der Waals surface area contributed by atoms with Gasteiger partial charge in [0.1, 0.15) is 6.54 Å². The van der Waals surface area contributed by atoms with Crippen LogP contribution in [0.4, 0.5) is 11.4 Å². The van der Waals surface area contributed by atoms with E-state index in [-0.39, 0.29) is 6.54 Å². The zero-order chi connectivity index (χ0) is 18.8. The minimum absolute atomic E-state index is 0.340. The van der Waals surface area contributed by atoms with Crippen molar-refractivity contribution in [1.82, 2.24) is 0 Å². The van der Waals surface area contributed by atoms with E-state index in [1.165, 1.54) is 0 Å².